The van der Waals surface area contributed by atoms with E-state index < -0.39 is 0 Å². The van der Waals surface area contributed by atoms with E-state index in [2.05, 4.69) is 20.9 Å². The van der Waals surface area contributed by atoms with E-state index in [0.29, 0.717) is 22.4 Å². The lowest BCUT2D eigenvalue weighted by Crippen LogP contribution is -1.73. The normalized spacial score (nSPS) is 10.2. The molecule has 0 amide bonds. The third kappa shape index (κ3) is 1.43. The molecule has 0 saturated carbocycles. The maximum absolute atomic E-state index is 8.64. The lowest BCUT2D eigenvalue weighted by Gasteiger charge is -1.85. The summed E-state index contributed by atoms with van der Waals surface area (Å²) < 4.78 is 5.35. The van der Waals surface area contributed by atoms with Crippen LogP contribution in [0.2, 0.25) is 0 Å². The number of alkyl halides is 1. The first kappa shape index (κ1) is 8.27. The second-order valence-electron chi connectivity index (χ2n) is 2.54. The minimum absolute atomic E-state index is 0.587. The molecule has 1 aromatic heterocycles. The molecule has 0 aliphatic carbocycles. The molecule has 1 aromatic carbocycles. The van der Waals surface area contributed by atoms with E-state index in [-0.39, 0.29) is 0 Å². The van der Waals surface area contributed by atoms with Crippen LogP contribution in [0.25, 0.3) is 11.1 Å². The van der Waals surface area contributed by atoms with Gasteiger partial charge in [0.15, 0.2) is 5.58 Å². The molecule has 2 aromatic rings. The number of hydrogen-bond acceptors (Lipinski definition) is 3. The Hall–Kier alpha value is -1.34. The molecule has 0 bridgehead atoms. The van der Waals surface area contributed by atoms with Gasteiger partial charge in [-0.1, -0.05) is 15.9 Å². The number of fused-ring (bicyclic) bond motifs is 1. The summed E-state index contributed by atoms with van der Waals surface area (Å²) in [5.74, 6) is 0.630. The van der Waals surface area contributed by atoms with Crippen LogP contribution in [-0.4, -0.2) is 4.98 Å². The van der Waals surface area contributed by atoms with Crippen molar-refractivity contribution in [1.82, 2.24) is 4.98 Å². The van der Waals surface area contributed by atoms with Crippen molar-refractivity contribution >= 4 is 27.0 Å². The lowest BCUT2D eigenvalue weighted by molar-refractivity contribution is 0.557. The molecule has 0 aliphatic heterocycles. The molecule has 1 heterocycles. The average Bonchev–Trinajstić information content (AvgIpc) is 2.58. The summed E-state index contributed by atoms with van der Waals surface area (Å²) in [6.45, 7) is 0. The third-order valence-corrected chi connectivity index (χ3v) is 2.16. The highest BCUT2D eigenvalue weighted by molar-refractivity contribution is 9.08. The van der Waals surface area contributed by atoms with Gasteiger partial charge in [-0.05, 0) is 12.1 Å². The molecule has 3 nitrogen and oxygen atoms in total. The zero-order chi connectivity index (χ0) is 9.26. The predicted molar refractivity (Wildman–Crippen MR) is 51.4 cm³/mol. The van der Waals surface area contributed by atoms with Gasteiger partial charge in [-0.2, -0.15) is 5.26 Å². The Balaban J connectivity index is 2.65. The first-order valence-corrected chi connectivity index (χ1v) is 4.81. The van der Waals surface area contributed by atoms with Gasteiger partial charge in [0, 0.05) is 6.07 Å². The summed E-state index contributed by atoms with van der Waals surface area (Å²) in [7, 11) is 0. The van der Waals surface area contributed by atoms with Crippen molar-refractivity contribution in [2.75, 3.05) is 0 Å². The van der Waals surface area contributed by atoms with E-state index in [0.717, 1.165) is 5.52 Å². The number of oxazole rings is 1. The number of benzene rings is 1. The van der Waals surface area contributed by atoms with Crippen LogP contribution in [0, 0.1) is 11.3 Å². The number of rotatable bonds is 1. The van der Waals surface area contributed by atoms with E-state index in [4.69, 9.17) is 9.68 Å². The second kappa shape index (κ2) is 3.19. The highest BCUT2D eigenvalue weighted by atomic mass is 79.9. The average molecular weight is 237 g/mol. The largest absolute Gasteiger partial charge is 0.440 e. The molecule has 0 atom stereocenters. The first-order chi connectivity index (χ1) is 6.33. The van der Waals surface area contributed by atoms with Gasteiger partial charge < -0.3 is 4.42 Å². The summed E-state index contributed by atoms with van der Waals surface area (Å²) in [6, 6.07) is 7.24. The van der Waals surface area contributed by atoms with Crippen LogP contribution in [0.5, 0.6) is 0 Å². The predicted octanol–water partition coefficient (Wildman–Crippen LogP) is 2.59. The molecule has 0 spiro atoms. The molecule has 0 radical (unpaired) electrons. The molecule has 13 heavy (non-hydrogen) atoms. The van der Waals surface area contributed by atoms with E-state index in [1.165, 1.54) is 0 Å². The van der Waals surface area contributed by atoms with Crippen LogP contribution >= 0.6 is 15.9 Å². The summed E-state index contributed by atoms with van der Waals surface area (Å²) in [5.41, 5.74) is 2.03. The van der Waals surface area contributed by atoms with Crippen LogP contribution in [0.15, 0.2) is 22.6 Å². The van der Waals surface area contributed by atoms with Crippen molar-refractivity contribution in [3.8, 4) is 6.07 Å². The zero-order valence-corrected chi connectivity index (χ0v) is 8.21. The minimum Gasteiger partial charge on any atom is -0.440 e. The van der Waals surface area contributed by atoms with E-state index in [9.17, 15) is 0 Å². The van der Waals surface area contributed by atoms with Gasteiger partial charge in [0.2, 0.25) is 5.89 Å². The molecule has 0 unspecified atom stereocenters. The minimum atomic E-state index is 0.587. The fraction of sp³-hybridized carbons (Fsp3) is 0.111. The van der Waals surface area contributed by atoms with Crippen LogP contribution in [0.1, 0.15) is 11.5 Å². The van der Waals surface area contributed by atoms with Crippen LogP contribution in [-0.2, 0) is 5.33 Å². The lowest BCUT2D eigenvalue weighted by atomic mass is 10.2. The van der Waals surface area contributed by atoms with Gasteiger partial charge in [-0.3, -0.25) is 0 Å². The van der Waals surface area contributed by atoms with Gasteiger partial charge in [-0.15, -0.1) is 0 Å². The van der Waals surface area contributed by atoms with Crippen molar-refractivity contribution < 1.29 is 4.42 Å². The van der Waals surface area contributed by atoms with E-state index in [1.54, 1.807) is 18.2 Å². The summed E-state index contributed by atoms with van der Waals surface area (Å²) in [5, 5.41) is 9.23. The number of aromatic nitrogens is 1. The first-order valence-electron chi connectivity index (χ1n) is 3.69. The Labute approximate surface area is 83.1 Å². The summed E-state index contributed by atoms with van der Waals surface area (Å²) >= 11 is 3.25. The van der Waals surface area contributed by atoms with Crippen LogP contribution in [0.3, 0.4) is 0 Å². The van der Waals surface area contributed by atoms with Crippen molar-refractivity contribution in [2.24, 2.45) is 0 Å². The van der Waals surface area contributed by atoms with Crippen molar-refractivity contribution in [1.29, 1.82) is 5.26 Å². The Morgan fingerprint density at radius 3 is 3.08 bits per heavy atom. The van der Waals surface area contributed by atoms with Crippen molar-refractivity contribution in [3.63, 3.8) is 0 Å². The molecule has 0 saturated heterocycles. The van der Waals surface area contributed by atoms with E-state index in [1.807, 2.05) is 6.07 Å². The third-order valence-electron chi connectivity index (χ3n) is 1.68. The topological polar surface area (TPSA) is 49.8 Å². The Kier molecular flexibility index (Phi) is 2.03. The Morgan fingerprint density at radius 2 is 2.38 bits per heavy atom. The smallest absolute Gasteiger partial charge is 0.206 e. The SMILES string of the molecule is N#Cc1ccc2nc(CBr)oc2c1. The number of hydrogen-bond donors (Lipinski definition) is 0. The van der Waals surface area contributed by atoms with Gasteiger partial charge in [0.25, 0.3) is 0 Å². The van der Waals surface area contributed by atoms with Gasteiger partial charge in [0.05, 0.1) is 17.0 Å². The molecule has 64 valence electrons. The standard InChI is InChI=1S/C9H5BrN2O/c10-4-9-12-7-2-1-6(5-11)3-8(7)13-9/h1-3H,4H2. The molecular weight excluding hydrogens is 232 g/mol. The van der Waals surface area contributed by atoms with Crippen molar-refractivity contribution in [3.05, 3.63) is 29.7 Å². The molecule has 4 heteroatoms. The summed E-state index contributed by atoms with van der Waals surface area (Å²) in [4.78, 5) is 4.18. The van der Waals surface area contributed by atoms with Gasteiger partial charge in [0.1, 0.15) is 5.52 Å². The second-order valence-corrected chi connectivity index (χ2v) is 3.10. The molecule has 0 aliphatic rings. The Morgan fingerprint density at radius 1 is 1.54 bits per heavy atom. The fourth-order valence-corrected chi connectivity index (χ4v) is 1.34. The maximum Gasteiger partial charge on any atom is 0.206 e. The zero-order valence-electron chi connectivity index (χ0n) is 6.62. The number of nitrogens with zero attached hydrogens (tertiary/aromatic N) is 2. The monoisotopic (exact) mass is 236 g/mol. The molecule has 0 N–H and O–H groups in total. The highest BCUT2D eigenvalue weighted by Gasteiger charge is 2.04. The van der Waals surface area contributed by atoms with Gasteiger partial charge in [-0.25, -0.2) is 4.98 Å². The Bertz CT molecular complexity index is 484. The van der Waals surface area contributed by atoms with Crippen molar-refractivity contribution in [2.45, 2.75) is 5.33 Å². The quantitative estimate of drug-likeness (QED) is 0.716. The summed E-state index contributed by atoms with van der Waals surface area (Å²) in [6.07, 6.45) is 0. The van der Waals surface area contributed by atoms with Crippen LogP contribution < -0.4 is 0 Å². The van der Waals surface area contributed by atoms with Crippen LogP contribution in [0.4, 0.5) is 0 Å². The van der Waals surface area contributed by atoms with E-state index >= 15 is 0 Å². The molecular formula is C9H5BrN2O. The molecule has 0 fully saturated rings. The highest BCUT2D eigenvalue weighted by Crippen LogP contribution is 2.18. The van der Waals surface area contributed by atoms with Gasteiger partial charge >= 0.3 is 0 Å². The number of halogens is 1. The maximum atomic E-state index is 8.64. The molecule has 2 rings (SSSR count). The number of nitriles is 1. The fourth-order valence-electron chi connectivity index (χ4n) is 1.10.